The third-order valence-corrected chi connectivity index (χ3v) is 2.27. The first-order chi connectivity index (χ1) is 8.58. The molecular weight excluding hydrogens is 246 g/mol. The van der Waals surface area contributed by atoms with Gasteiger partial charge in [0.25, 0.3) is 0 Å². The van der Waals surface area contributed by atoms with Crippen LogP contribution in [0.5, 0.6) is 0 Å². The predicted molar refractivity (Wildman–Crippen MR) is 79.4 cm³/mol. The van der Waals surface area contributed by atoms with Crippen LogP contribution in [-0.2, 0) is 0 Å². The smallest absolute Gasteiger partial charge is 0.186 e. The third kappa shape index (κ3) is 6.20. The minimum Gasteiger partial charge on any atom is -0.465 e. The average molecular weight is 265 g/mol. The van der Waals surface area contributed by atoms with Gasteiger partial charge in [-0.2, -0.15) is 5.10 Å². The Kier molecular flexibility index (Phi) is 6.14. The highest BCUT2D eigenvalue weighted by atomic mass is 32.1. The first kappa shape index (κ1) is 14.4. The summed E-state index contributed by atoms with van der Waals surface area (Å²) >= 11 is 5.08. The SMILES string of the molecule is CC(/C=C\c1ccco1)=N\NC(=S)NCC(C)C. The molecule has 18 heavy (non-hydrogen) atoms. The third-order valence-electron chi connectivity index (χ3n) is 2.04. The highest BCUT2D eigenvalue weighted by Gasteiger charge is 1.96. The maximum atomic E-state index is 5.17. The van der Waals surface area contributed by atoms with Gasteiger partial charge in [-0.1, -0.05) is 13.8 Å². The van der Waals surface area contributed by atoms with E-state index in [0.29, 0.717) is 11.0 Å². The number of rotatable bonds is 5. The molecule has 4 nitrogen and oxygen atoms in total. The maximum absolute atomic E-state index is 5.17. The van der Waals surface area contributed by atoms with Gasteiger partial charge in [0.1, 0.15) is 5.76 Å². The van der Waals surface area contributed by atoms with E-state index in [-0.39, 0.29) is 0 Å². The Hall–Kier alpha value is -1.62. The van der Waals surface area contributed by atoms with Crippen molar-refractivity contribution in [3.05, 3.63) is 30.2 Å². The number of allylic oxidation sites excluding steroid dienone is 1. The number of nitrogens with zero attached hydrogens (tertiary/aromatic N) is 1. The molecule has 1 aromatic rings. The van der Waals surface area contributed by atoms with Crippen molar-refractivity contribution in [3.63, 3.8) is 0 Å². The molecule has 1 aromatic heterocycles. The van der Waals surface area contributed by atoms with E-state index in [4.69, 9.17) is 16.6 Å². The molecule has 5 heteroatoms. The van der Waals surface area contributed by atoms with Crippen molar-refractivity contribution < 1.29 is 4.42 Å². The zero-order valence-electron chi connectivity index (χ0n) is 10.9. The Balaban J connectivity index is 2.35. The van der Waals surface area contributed by atoms with Crippen LogP contribution in [0.2, 0.25) is 0 Å². The summed E-state index contributed by atoms with van der Waals surface area (Å²) < 4.78 is 5.17. The molecule has 98 valence electrons. The van der Waals surface area contributed by atoms with Crippen molar-refractivity contribution in [1.29, 1.82) is 0 Å². The summed E-state index contributed by atoms with van der Waals surface area (Å²) in [5.74, 6) is 1.35. The van der Waals surface area contributed by atoms with E-state index in [0.717, 1.165) is 18.0 Å². The molecule has 0 saturated heterocycles. The van der Waals surface area contributed by atoms with E-state index in [1.165, 1.54) is 0 Å². The minimum atomic E-state index is 0.537. The minimum absolute atomic E-state index is 0.537. The first-order valence-corrected chi connectivity index (χ1v) is 6.28. The summed E-state index contributed by atoms with van der Waals surface area (Å²) in [6.45, 7) is 6.96. The second kappa shape index (κ2) is 7.66. The van der Waals surface area contributed by atoms with Gasteiger partial charge < -0.3 is 9.73 Å². The van der Waals surface area contributed by atoms with Crippen LogP contribution in [0.25, 0.3) is 6.08 Å². The van der Waals surface area contributed by atoms with Crippen LogP contribution in [0.4, 0.5) is 0 Å². The monoisotopic (exact) mass is 265 g/mol. The average Bonchev–Trinajstić information content (AvgIpc) is 2.84. The lowest BCUT2D eigenvalue weighted by Crippen LogP contribution is -2.34. The van der Waals surface area contributed by atoms with Crippen LogP contribution in [0.15, 0.2) is 34.0 Å². The number of hydrogen-bond donors (Lipinski definition) is 2. The van der Waals surface area contributed by atoms with Gasteiger partial charge in [-0.05, 0) is 49.3 Å². The molecule has 1 rings (SSSR count). The van der Waals surface area contributed by atoms with Gasteiger partial charge in [0.15, 0.2) is 5.11 Å². The molecule has 0 radical (unpaired) electrons. The predicted octanol–water partition coefficient (Wildman–Crippen LogP) is 2.79. The Bertz CT molecular complexity index is 421. The van der Waals surface area contributed by atoms with E-state index in [2.05, 4.69) is 29.7 Å². The zero-order chi connectivity index (χ0) is 13.4. The van der Waals surface area contributed by atoms with E-state index < -0.39 is 0 Å². The standard InChI is InChI=1S/C13H19N3OS/c1-10(2)9-14-13(18)16-15-11(3)6-7-12-5-4-8-17-12/h4-8,10H,9H2,1-3H3,(H2,14,16,18)/b7-6-,15-11+. The second-order valence-corrected chi connectivity index (χ2v) is 4.73. The number of hydrogen-bond acceptors (Lipinski definition) is 3. The lowest BCUT2D eigenvalue weighted by atomic mass is 10.2. The van der Waals surface area contributed by atoms with E-state index >= 15 is 0 Å². The van der Waals surface area contributed by atoms with Gasteiger partial charge in [-0.25, -0.2) is 0 Å². The Morgan fingerprint density at radius 3 is 2.94 bits per heavy atom. The summed E-state index contributed by atoms with van der Waals surface area (Å²) in [5, 5.41) is 7.75. The molecule has 0 unspecified atom stereocenters. The Morgan fingerprint density at radius 1 is 1.56 bits per heavy atom. The topological polar surface area (TPSA) is 49.6 Å². The fraction of sp³-hybridized carbons (Fsp3) is 0.385. The normalized spacial score (nSPS) is 12.1. The molecular formula is C13H19N3OS. The highest BCUT2D eigenvalue weighted by molar-refractivity contribution is 7.80. The van der Waals surface area contributed by atoms with Crippen LogP contribution in [0, 0.1) is 5.92 Å². The van der Waals surface area contributed by atoms with Crippen LogP contribution in [0.3, 0.4) is 0 Å². The summed E-state index contributed by atoms with van der Waals surface area (Å²) in [7, 11) is 0. The number of thiocarbonyl (C=S) groups is 1. The van der Waals surface area contributed by atoms with E-state index in [1.54, 1.807) is 6.26 Å². The van der Waals surface area contributed by atoms with Gasteiger partial charge >= 0.3 is 0 Å². The fourth-order valence-electron chi connectivity index (χ4n) is 1.10. The molecule has 0 aliphatic heterocycles. The number of furan rings is 1. The van der Waals surface area contributed by atoms with Crippen molar-refractivity contribution in [2.75, 3.05) is 6.54 Å². The molecule has 0 saturated carbocycles. The van der Waals surface area contributed by atoms with Gasteiger partial charge in [0, 0.05) is 6.54 Å². The Labute approximate surface area is 113 Å². The van der Waals surface area contributed by atoms with Crippen molar-refractivity contribution in [2.45, 2.75) is 20.8 Å². The summed E-state index contributed by atoms with van der Waals surface area (Å²) in [5.41, 5.74) is 3.61. The Morgan fingerprint density at radius 2 is 2.33 bits per heavy atom. The van der Waals surface area contributed by atoms with Crippen molar-refractivity contribution >= 4 is 29.1 Å². The molecule has 0 bridgehead atoms. The number of nitrogens with one attached hydrogen (secondary N) is 2. The van der Waals surface area contributed by atoms with Gasteiger partial charge in [0.05, 0.1) is 12.0 Å². The molecule has 2 N–H and O–H groups in total. The van der Waals surface area contributed by atoms with Gasteiger partial charge in [-0.3, -0.25) is 5.43 Å². The maximum Gasteiger partial charge on any atom is 0.186 e. The molecule has 0 fully saturated rings. The van der Waals surface area contributed by atoms with Crippen LogP contribution < -0.4 is 10.7 Å². The molecule has 0 aliphatic rings. The van der Waals surface area contributed by atoms with Gasteiger partial charge in [-0.15, -0.1) is 0 Å². The van der Waals surface area contributed by atoms with E-state index in [9.17, 15) is 0 Å². The van der Waals surface area contributed by atoms with Crippen LogP contribution in [-0.4, -0.2) is 17.4 Å². The van der Waals surface area contributed by atoms with E-state index in [1.807, 2.05) is 31.2 Å². The quantitative estimate of drug-likeness (QED) is 0.488. The largest absolute Gasteiger partial charge is 0.465 e. The summed E-state index contributed by atoms with van der Waals surface area (Å²) in [4.78, 5) is 0. The zero-order valence-corrected chi connectivity index (χ0v) is 11.8. The fourth-order valence-corrected chi connectivity index (χ4v) is 1.23. The van der Waals surface area contributed by atoms with Crippen molar-refractivity contribution in [3.8, 4) is 0 Å². The molecule has 0 atom stereocenters. The molecule has 0 spiro atoms. The lowest BCUT2D eigenvalue weighted by Gasteiger charge is -2.09. The van der Waals surface area contributed by atoms with Gasteiger partial charge in [0.2, 0.25) is 0 Å². The molecule has 0 amide bonds. The molecule has 1 heterocycles. The van der Waals surface area contributed by atoms with Crippen LogP contribution in [0.1, 0.15) is 26.5 Å². The van der Waals surface area contributed by atoms with Crippen LogP contribution >= 0.6 is 12.2 Å². The van der Waals surface area contributed by atoms with Crippen molar-refractivity contribution in [1.82, 2.24) is 10.7 Å². The summed E-state index contributed by atoms with van der Waals surface area (Å²) in [6.07, 6.45) is 5.34. The molecule has 0 aromatic carbocycles. The second-order valence-electron chi connectivity index (χ2n) is 4.32. The first-order valence-electron chi connectivity index (χ1n) is 5.87. The number of hydrazone groups is 1. The highest BCUT2D eigenvalue weighted by Crippen LogP contribution is 2.02. The lowest BCUT2D eigenvalue weighted by molar-refractivity contribution is 0.557. The molecule has 0 aliphatic carbocycles. The van der Waals surface area contributed by atoms with Crippen molar-refractivity contribution in [2.24, 2.45) is 11.0 Å². The summed E-state index contributed by atoms with van der Waals surface area (Å²) in [6, 6.07) is 3.72.